The molecule has 2 saturated carbocycles. The van der Waals surface area contributed by atoms with Crippen LogP contribution in [0.4, 0.5) is 0 Å². The van der Waals surface area contributed by atoms with Crippen molar-refractivity contribution in [3.05, 3.63) is 103 Å². The lowest BCUT2D eigenvalue weighted by atomic mass is 9.91. The van der Waals surface area contributed by atoms with Crippen LogP contribution in [0.1, 0.15) is 123 Å². The molecule has 2 fully saturated rings. The van der Waals surface area contributed by atoms with E-state index in [1.165, 1.54) is 70.8 Å². The van der Waals surface area contributed by atoms with Crippen LogP contribution in [0, 0.1) is 22.7 Å². The molecule has 3 N–H and O–H groups in total. The summed E-state index contributed by atoms with van der Waals surface area (Å²) in [6, 6.07) is 11.9. The predicted molar refractivity (Wildman–Crippen MR) is 231 cm³/mol. The van der Waals surface area contributed by atoms with Crippen LogP contribution in [0.15, 0.2) is 64.4 Å². The molecule has 14 heteroatoms. The molecule has 0 bridgehead atoms. The van der Waals surface area contributed by atoms with E-state index in [4.69, 9.17) is 15.4 Å². The molecule has 0 aromatic carbocycles. The second-order valence-electron chi connectivity index (χ2n) is 17.2. The molecule has 0 unspecified atom stereocenters. The molecule has 6 aromatic rings. The van der Waals surface area contributed by atoms with Crippen LogP contribution in [0.25, 0.3) is 33.4 Å². The van der Waals surface area contributed by atoms with E-state index in [1.54, 1.807) is 59.9 Å². The summed E-state index contributed by atoms with van der Waals surface area (Å²) in [5, 5.41) is 22.0. The molecule has 0 aliphatic heterocycles. The van der Waals surface area contributed by atoms with Gasteiger partial charge in [-0.25, -0.2) is 9.97 Å². The number of pyridine rings is 4. The normalized spacial score (nSPS) is 16.3. The van der Waals surface area contributed by atoms with Crippen LogP contribution in [0.5, 0.6) is 0 Å². The van der Waals surface area contributed by atoms with E-state index in [9.17, 15) is 24.6 Å². The topological polar surface area (TPSA) is 176 Å². The third-order valence-electron chi connectivity index (χ3n) is 12.7. The largest absolute Gasteiger partial charge is 0.348 e. The first kappa shape index (κ1) is 40.8. The summed E-state index contributed by atoms with van der Waals surface area (Å²) in [5.74, 6) is -0.280. The summed E-state index contributed by atoms with van der Waals surface area (Å²) in [6.07, 6.45) is 20.2. The van der Waals surface area contributed by atoms with Crippen LogP contribution in [0.2, 0.25) is 0 Å². The Morgan fingerprint density at radius 1 is 0.683 bits per heavy atom. The molecule has 0 atom stereocenters. The summed E-state index contributed by atoms with van der Waals surface area (Å²) >= 11 is 0. The van der Waals surface area contributed by atoms with E-state index in [2.05, 4.69) is 5.32 Å². The molecule has 0 spiro atoms. The standard InChI is InChI=1S/C46H56N10O4/c1-52(2)44(58)34-25-36-42(56(40(34)48)28-31-18-12-8-5-9-13-19-31)51-38-22-21-32(29-54(38)46(36)60)26-49-43(57)33-24-35-41(50-37-20-14-15-23-53(37)45(35)59)55(39(33)47)27-30-16-10-6-3-4-7-11-17-30/h14-15,20-25,29-31,47-48H,3-13,16-19,26-28H2,1-2H3,(H,49,57). The third-order valence-corrected chi connectivity index (χ3v) is 12.7. The maximum Gasteiger partial charge on any atom is 0.267 e. The zero-order valence-electron chi connectivity index (χ0n) is 34.8. The minimum absolute atomic E-state index is 0.00185. The maximum absolute atomic E-state index is 14.3. The fraction of sp³-hybridized carbons (Fsp3) is 0.478. The third kappa shape index (κ3) is 8.28. The van der Waals surface area contributed by atoms with Gasteiger partial charge in [-0.3, -0.25) is 38.8 Å². The molecule has 60 heavy (non-hydrogen) atoms. The number of nitrogens with zero attached hydrogens (tertiary/aromatic N) is 7. The molecule has 14 nitrogen and oxygen atoms in total. The smallest absolute Gasteiger partial charge is 0.267 e. The molecule has 8 rings (SSSR count). The van der Waals surface area contributed by atoms with Gasteiger partial charge in [0.2, 0.25) is 0 Å². The lowest BCUT2D eigenvalue weighted by Gasteiger charge is -2.23. The zero-order chi connectivity index (χ0) is 41.9. The van der Waals surface area contributed by atoms with E-state index < -0.39 is 5.91 Å². The van der Waals surface area contributed by atoms with Crippen molar-refractivity contribution in [1.29, 1.82) is 10.8 Å². The molecular weight excluding hydrogens is 757 g/mol. The van der Waals surface area contributed by atoms with Crippen LogP contribution in [0.3, 0.4) is 0 Å². The average molecular weight is 813 g/mol. The lowest BCUT2D eigenvalue weighted by Crippen LogP contribution is -2.36. The molecular formula is C46H56N10O4. The number of hydrogen-bond acceptors (Lipinski definition) is 8. The van der Waals surface area contributed by atoms with Crippen molar-refractivity contribution >= 4 is 45.2 Å². The van der Waals surface area contributed by atoms with Gasteiger partial charge in [-0.2, -0.15) is 0 Å². The molecule has 2 amide bonds. The molecule has 0 saturated heterocycles. The summed E-state index contributed by atoms with van der Waals surface area (Å²) in [7, 11) is 3.27. The van der Waals surface area contributed by atoms with E-state index in [1.807, 2.05) is 6.07 Å². The molecule has 0 radical (unpaired) electrons. The van der Waals surface area contributed by atoms with Crippen molar-refractivity contribution < 1.29 is 9.59 Å². The highest BCUT2D eigenvalue weighted by Crippen LogP contribution is 2.26. The van der Waals surface area contributed by atoms with Gasteiger partial charge in [-0.15, -0.1) is 0 Å². The molecule has 2 aliphatic rings. The lowest BCUT2D eigenvalue weighted by molar-refractivity contribution is 0.0824. The van der Waals surface area contributed by atoms with Crippen LogP contribution >= 0.6 is 0 Å². The molecule has 2 aliphatic carbocycles. The minimum Gasteiger partial charge on any atom is -0.348 e. The highest BCUT2D eigenvalue weighted by molar-refractivity contribution is 5.97. The first-order chi connectivity index (χ1) is 29.1. The summed E-state index contributed by atoms with van der Waals surface area (Å²) in [6.45, 7) is 1.03. The van der Waals surface area contributed by atoms with Crippen molar-refractivity contribution in [1.82, 2.24) is 38.1 Å². The molecule has 6 aromatic heterocycles. The summed E-state index contributed by atoms with van der Waals surface area (Å²) < 4.78 is 6.40. The van der Waals surface area contributed by atoms with Gasteiger partial charge < -0.3 is 19.4 Å². The Bertz CT molecular complexity index is 2830. The van der Waals surface area contributed by atoms with Gasteiger partial charge in [0.15, 0.2) is 0 Å². The van der Waals surface area contributed by atoms with Crippen molar-refractivity contribution in [2.24, 2.45) is 11.8 Å². The second kappa shape index (κ2) is 17.7. The number of carbonyl (C=O) groups is 2. The van der Waals surface area contributed by atoms with Crippen LogP contribution < -0.4 is 27.4 Å². The number of nitrogens with one attached hydrogen (secondary N) is 3. The van der Waals surface area contributed by atoms with E-state index in [0.29, 0.717) is 47.2 Å². The van der Waals surface area contributed by atoms with E-state index >= 15 is 0 Å². The first-order valence-electron chi connectivity index (χ1n) is 21.8. The Morgan fingerprint density at radius 3 is 1.75 bits per heavy atom. The van der Waals surface area contributed by atoms with Gasteiger partial charge >= 0.3 is 0 Å². The Labute approximate surface area is 347 Å². The SMILES string of the molecule is CN(C)C(=O)c1cc2c(=O)n3cc(CNC(=O)c4cc5c(=O)n6ccccc6nc5n(CC5CCCCCCCC5)c4=N)ccc3nc2n(CC2CCCCCCC2)c1=N. The number of rotatable bonds is 8. The maximum atomic E-state index is 14.3. The number of carbonyl (C=O) groups excluding carboxylic acids is 2. The van der Waals surface area contributed by atoms with Crippen LogP contribution in [-0.4, -0.2) is 58.7 Å². The van der Waals surface area contributed by atoms with E-state index in [0.717, 1.165) is 51.4 Å². The number of fused-ring (bicyclic) bond motifs is 4. The van der Waals surface area contributed by atoms with Gasteiger partial charge in [0.1, 0.15) is 33.6 Å². The highest BCUT2D eigenvalue weighted by atomic mass is 16.2. The quantitative estimate of drug-likeness (QED) is 0.152. The number of amides is 2. The molecule has 314 valence electrons. The number of aromatic nitrogens is 6. The molecule has 6 heterocycles. The summed E-state index contributed by atoms with van der Waals surface area (Å²) in [5.41, 5.74) is 1.85. The number of hydrogen-bond donors (Lipinski definition) is 3. The minimum atomic E-state index is -0.517. The zero-order valence-corrected chi connectivity index (χ0v) is 34.8. The van der Waals surface area contributed by atoms with Crippen molar-refractivity contribution in [3.63, 3.8) is 0 Å². The highest BCUT2D eigenvalue weighted by Gasteiger charge is 2.23. The predicted octanol–water partition coefficient (Wildman–Crippen LogP) is 6.31. The monoisotopic (exact) mass is 812 g/mol. The van der Waals surface area contributed by atoms with Crippen LogP contribution in [-0.2, 0) is 19.6 Å². The van der Waals surface area contributed by atoms with Gasteiger partial charge in [0, 0.05) is 46.1 Å². The first-order valence-corrected chi connectivity index (χ1v) is 21.8. The van der Waals surface area contributed by atoms with Gasteiger partial charge in [-0.1, -0.05) is 82.8 Å². The Morgan fingerprint density at radius 2 is 1.18 bits per heavy atom. The van der Waals surface area contributed by atoms with Crippen molar-refractivity contribution in [2.45, 2.75) is 116 Å². The summed E-state index contributed by atoms with van der Waals surface area (Å²) in [4.78, 5) is 66.8. The average Bonchev–Trinajstić information content (AvgIpc) is 3.37. The van der Waals surface area contributed by atoms with Crippen molar-refractivity contribution in [3.8, 4) is 0 Å². The van der Waals surface area contributed by atoms with E-state index in [-0.39, 0.29) is 62.4 Å². The van der Waals surface area contributed by atoms with Gasteiger partial charge in [0.25, 0.3) is 22.9 Å². The van der Waals surface area contributed by atoms with Gasteiger partial charge in [0.05, 0.1) is 21.9 Å². The Kier molecular flexibility index (Phi) is 12.1. The van der Waals surface area contributed by atoms with Gasteiger partial charge in [-0.05, 0) is 73.4 Å². The second-order valence-corrected chi connectivity index (χ2v) is 17.2. The van der Waals surface area contributed by atoms with Crippen molar-refractivity contribution in [2.75, 3.05) is 14.1 Å². The Balaban J connectivity index is 1.14. The Hall–Kier alpha value is -5.92. The fourth-order valence-corrected chi connectivity index (χ4v) is 9.32. The fourth-order valence-electron chi connectivity index (χ4n) is 9.32.